The summed E-state index contributed by atoms with van der Waals surface area (Å²) >= 11 is 0. The van der Waals surface area contributed by atoms with Crippen molar-refractivity contribution < 1.29 is 9.84 Å². The van der Waals surface area contributed by atoms with Gasteiger partial charge in [-0.05, 0) is 36.8 Å². The van der Waals surface area contributed by atoms with Crippen LogP contribution in [0.15, 0.2) is 54.6 Å². The van der Waals surface area contributed by atoms with Gasteiger partial charge < -0.3 is 15.6 Å². The van der Waals surface area contributed by atoms with Crippen LogP contribution in [0.2, 0.25) is 0 Å². The molecule has 0 unspecified atom stereocenters. The largest absolute Gasteiger partial charge is 0.457 e. The van der Waals surface area contributed by atoms with Crippen LogP contribution in [0, 0.1) is 0 Å². The molecule has 94 valence electrons. The van der Waals surface area contributed by atoms with Gasteiger partial charge in [0, 0.05) is 0 Å². The van der Waals surface area contributed by atoms with Crippen LogP contribution in [0.4, 0.5) is 0 Å². The maximum Gasteiger partial charge on any atom is 0.127 e. The van der Waals surface area contributed by atoms with Crippen LogP contribution in [0.25, 0.3) is 0 Å². The third-order valence-electron chi connectivity index (χ3n) is 2.74. The van der Waals surface area contributed by atoms with Gasteiger partial charge >= 0.3 is 0 Å². The Bertz CT molecular complexity index is 497. The van der Waals surface area contributed by atoms with Gasteiger partial charge in [-0.1, -0.05) is 30.3 Å². The van der Waals surface area contributed by atoms with Crippen molar-refractivity contribution in [3.63, 3.8) is 0 Å². The van der Waals surface area contributed by atoms with Gasteiger partial charge in [0.1, 0.15) is 11.5 Å². The van der Waals surface area contributed by atoms with E-state index < -0.39 is 12.1 Å². The van der Waals surface area contributed by atoms with Crippen molar-refractivity contribution in [3.05, 3.63) is 60.2 Å². The van der Waals surface area contributed by atoms with E-state index in [0.29, 0.717) is 0 Å². The second kappa shape index (κ2) is 5.67. The van der Waals surface area contributed by atoms with Gasteiger partial charge in [-0.3, -0.25) is 0 Å². The fraction of sp³-hybridized carbons (Fsp3) is 0.200. The molecule has 0 heterocycles. The molecule has 0 spiro atoms. The summed E-state index contributed by atoms with van der Waals surface area (Å²) in [5.74, 6) is 1.50. The average molecular weight is 243 g/mol. The van der Waals surface area contributed by atoms with E-state index in [-0.39, 0.29) is 0 Å². The SMILES string of the molecule is C[C@@H](O)[C@@H](N)c1cccc(Oc2ccccc2)c1. The highest BCUT2D eigenvalue weighted by Crippen LogP contribution is 2.24. The lowest BCUT2D eigenvalue weighted by Gasteiger charge is -2.16. The maximum absolute atomic E-state index is 9.49. The van der Waals surface area contributed by atoms with Crippen molar-refractivity contribution in [1.82, 2.24) is 0 Å². The summed E-state index contributed by atoms with van der Waals surface area (Å²) in [6.45, 7) is 1.68. The van der Waals surface area contributed by atoms with E-state index in [1.807, 2.05) is 54.6 Å². The Morgan fingerprint density at radius 3 is 2.33 bits per heavy atom. The molecule has 0 aliphatic rings. The van der Waals surface area contributed by atoms with E-state index >= 15 is 0 Å². The average Bonchev–Trinajstić information content (AvgIpc) is 2.39. The first-order valence-corrected chi connectivity index (χ1v) is 5.93. The molecular weight excluding hydrogens is 226 g/mol. The normalized spacial score (nSPS) is 13.9. The molecule has 0 aliphatic heterocycles. The van der Waals surface area contributed by atoms with E-state index in [9.17, 15) is 5.11 Å². The number of rotatable bonds is 4. The van der Waals surface area contributed by atoms with Crippen LogP contribution >= 0.6 is 0 Å². The number of ether oxygens (including phenoxy) is 1. The molecule has 3 N–H and O–H groups in total. The Kier molecular flexibility index (Phi) is 3.97. The molecule has 0 fully saturated rings. The molecule has 0 amide bonds. The Labute approximate surface area is 107 Å². The maximum atomic E-state index is 9.49. The van der Waals surface area contributed by atoms with Gasteiger partial charge in [-0.2, -0.15) is 0 Å². The predicted molar refractivity (Wildman–Crippen MR) is 71.6 cm³/mol. The second-order valence-corrected chi connectivity index (χ2v) is 4.25. The quantitative estimate of drug-likeness (QED) is 0.868. The van der Waals surface area contributed by atoms with E-state index in [4.69, 9.17) is 10.5 Å². The van der Waals surface area contributed by atoms with Gasteiger partial charge in [0.05, 0.1) is 12.1 Å². The first-order chi connectivity index (χ1) is 8.66. The zero-order chi connectivity index (χ0) is 13.0. The van der Waals surface area contributed by atoms with Crippen LogP contribution < -0.4 is 10.5 Å². The summed E-state index contributed by atoms with van der Waals surface area (Å²) in [6, 6.07) is 16.6. The summed E-state index contributed by atoms with van der Waals surface area (Å²) in [5.41, 5.74) is 6.75. The zero-order valence-electron chi connectivity index (χ0n) is 10.3. The lowest BCUT2D eigenvalue weighted by Crippen LogP contribution is -2.22. The van der Waals surface area contributed by atoms with Crippen LogP contribution in [-0.2, 0) is 0 Å². The van der Waals surface area contributed by atoms with Crippen molar-refractivity contribution in [2.75, 3.05) is 0 Å². The molecule has 3 heteroatoms. The van der Waals surface area contributed by atoms with Crippen molar-refractivity contribution in [2.24, 2.45) is 5.73 Å². The van der Waals surface area contributed by atoms with Gasteiger partial charge in [-0.15, -0.1) is 0 Å². The minimum Gasteiger partial charge on any atom is -0.457 e. The highest BCUT2D eigenvalue weighted by atomic mass is 16.5. The molecule has 0 radical (unpaired) electrons. The van der Waals surface area contributed by atoms with Crippen LogP contribution in [0.5, 0.6) is 11.5 Å². The smallest absolute Gasteiger partial charge is 0.127 e. The fourth-order valence-corrected chi connectivity index (χ4v) is 1.69. The Balaban J connectivity index is 2.18. The van der Waals surface area contributed by atoms with Crippen LogP contribution in [-0.4, -0.2) is 11.2 Å². The number of aliphatic hydroxyl groups excluding tert-OH is 1. The minimum absolute atomic E-state index is 0.399. The molecule has 2 rings (SSSR count). The third kappa shape index (κ3) is 3.09. The first kappa shape index (κ1) is 12.6. The monoisotopic (exact) mass is 243 g/mol. The number of nitrogens with two attached hydrogens (primary N) is 1. The first-order valence-electron chi connectivity index (χ1n) is 5.93. The molecule has 0 aliphatic carbocycles. The summed E-state index contributed by atoms with van der Waals surface area (Å²) in [4.78, 5) is 0. The molecule has 0 saturated carbocycles. The summed E-state index contributed by atoms with van der Waals surface area (Å²) in [6.07, 6.45) is -0.586. The van der Waals surface area contributed by atoms with Crippen LogP contribution in [0.1, 0.15) is 18.5 Å². The van der Waals surface area contributed by atoms with Crippen molar-refractivity contribution in [1.29, 1.82) is 0 Å². The lowest BCUT2D eigenvalue weighted by molar-refractivity contribution is 0.164. The molecule has 0 bridgehead atoms. The Morgan fingerprint density at radius 1 is 1.00 bits per heavy atom. The topological polar surface area (TPSA) is 55.5 Å². The molecule has 2 aromatic rings. The Hall–Kier alpha value is -1.84. The molecule has 3 nitrogen and oxygen atoms in total. The number of hydrogen-bond acceptors (Lipinski definition) is 3. The van der Waals surface area contributed by atoms with Crippen molar-refractivity contribution >= 4 is 0 Å². The van der Waals surface area contributed by atoms with E-state index in [1.165, 1.54) is 0 Å². The molecule has 2 aromatic carbocycles. The summed E-state index contributed by atoms with van der Waals surface area (Å²) in [5, 5.41) is 9.49. The Morgan fingerprint density at radius 2 is 1.67 bits per heavy atom. The second-order valence-electron chi connectivity index (χ2n) is 4.25. The minimum atomic E-state index is -0.586. The number of hydrogen-bond donors (Lipinski definition) is 2. The van der Waals surface area contributed by atoms with E-state index in [1.54, 1.807) is 6.92 Å². The van der Waals surface area contributed by atoms with Crippen molar-refractivity contribution in [3.8, 4) is 11.5 Å². The number of benzene rings is 2. The predicted octanol–water partition coefficient (Wildman–Crippen LogP) is 2.86. The van der Waals surface area contributed by atoms with Crippen molar-refractivity contribution in [2.45, 2.75) is 19.1 Å². The molecule has 2 atom stereocenters. The number of aliphatic hydroxyl groups is 1. The summed E-state index contributed by atoms with van der Waals surface area (Å²) in [7, 11) is 0. The van der Waals surface area contributed by atoms with Crippen LogP contribution in [0.3, 0.4) is 0 Å². The van der Waals surface area contributed by atoms with Gasteiger partial charge in [0.15, 0.2) is 0 Å². The third-order valence-corrected chi connectivity index (χ3v) is 2.74. The molecule has 18 heavy (non-hydrogen) atoms. The zero-order valence-corrected chi connectivity index (χ0v) is 10.3. The van der Waals surface area contributed by atoms with E-state index in [2.05, 4.69) is 0 Å². The number of para-hydroxylation sites is 1. The standard InChI is InChI=1S/C15H17NO2/c1-11(17)15(16)12-6-5-9-14(10-12)18-13-7-3-2-4-8-13/h2-11,15,17H,16H2,1H3/t11-,15-/m1/s1. The van der Waals surface area contributed by atoms with E-state index in [0.717, 1.165) is 17.1 Å². The molecular formula is C15H17NO2. The van der Waals surface area contributed by atoms with Gasteiger partial charge in [0.25, 0.3) is 0 Å². The molecule has 0 aromatic heterocycles. The lowest BCUT2D eigenvalue weighted by atomic mass is 10.0. The molecule has 0 saturated heterocycles. The highest BCUT2D eigenvalue weighted by Gasteiger charge is 2.12. The van der Waals surface area contributed by atoms with Gasteiger partial charge in [0.2, 0.25) is 0 Å². The van der Waals surface area contributed by atoms with Gasteiger partial charge in [-0.25, -0.2) is 0 Å². The highest BCUT2D eigenvalue weighted by molar-refractivity contribution is 5.35. The fourth-order valence-electron chi connectivity index (χ4n) is 1.69. The summed E-state index contributed by atoms with van der Waals surface area (Å²) < 4.78 is 5.71.